The Morgan fingerprint density at radius 1 is 0.512 bits per heavy atom. The molecule has 29 heteroatoms. The summed E-state index contributed by atoms with van der Waals surface area (Å²) < 4.78 is 22.5. The third kappa shape index (κ3) is 16.3. The van der Waals surface area contributed by atoms with Crippen molar-refractivity contribution in [3.8, 4) is 12.1 Å². The van der Waals surface area contributed by atoms with E-state index in [0.29, 0.717) is 10.4 Å². The molecule has 4 aromatic carbocycles. The van der Waals surface area contributed by atoms with Gasteiger partial charge in [0.2, 0.25) is 23.1 Å². The molecule has 0 spiro atoms. The highest BCUT2D eigenvalue weighted by molar-refractivity contribution is 9.16. The van der Waals surface area contributed by atoms with Crippen LogP contribution >= 0.6 is 169 Å². The second-order valence-corrected chi connectivity index (χ2v) is 24.6. The summed E-state index contributed by atoms with van der Waals surface area (Å²) in [5, 5.41) is 28.6. The van der Waals surface area contributed by atoms with Gasteiger partial charge < -0.3 is 14.2 Å². The molecule has 416 valence electrons. The summed E-state index contributed by atoms with van der Waals surface area (Å²) in [6, 6.07) is 28.8. The summed E-state index contributed by atoms with van der Waals surface area (Å²) in [5.74, 6) is -1.97. The number of carbonyl (C=O) groups excluding carboxylic acids is 4. The fourth-order valence-corrected chi connectivity index (χ4v) is 14.0. The van der Waals surface area contributed by atoms with E-state index in [1.165, 1.54) is 29.6 Å². The van der Waals surface area contributed by atoms with Crippen LogP contribution in [0.4, 0.5) is 16.1 Å². The van der Waals surface area contributed by atoms with Gasteiger partial charge in [0.15, 0.2) is 0 Å². The maximum absolute atomic E-state index is 11.3. The van der Waals surface area contributed by atoms with Crippen molar-refractivity contribution < 1.29 is 35.7 Å². The lowest BCUT2D eigenvalue weighted by Crippen LogP contribution is -2.14. The molecule has 0 saturated carbocycles. The van der Waals surface area contributed by atoms with Gasteiger partial charge in [-0.05, 0) is 132 Å². The first-order valence-electron chi connectivity index (χ1n) is 22.0. The first-order chi connectivity index (χ1) is 39.2. The van der Waals surface area contributed by atoms with E-state index in [1.54, 1.807) is 36.4 Å². The molecular formula is C53H26Br4Cl4FN5O10S5. The Morgan fingerprint density at radius 2 is 0.793 bits per heavy atom. The van der Waals surface area contributed by atoms with Crippen LogP contribution in [-0.4, -0.2) is 23.1 Å². The van der Waals surface area contributed by atoms with E-state index in [2.05, 4.69) is 158 Å². The summed E-state index contributed by atoms with van der Waals surface area (Å²) >= 11 is 42.6. The predicted octanol–water partition coefficient (Wildman–Crippen LogP) is 14.9. The number of nitrogens with zero attached hydrogens (tertiary/aromatic N) is 4. The lowest BCUT2D eigenvalue weighted by atomic mass is 10.1. The van der Waals surface area contributed by atoms with Crippen molar-refractivity contribution in [1.29, 1.82) is 10.5 Å². The summed E-state index contributed by atoms with van der Waals surface area (Å²) in [6.45, 7) is 13.5. The van der Waals surface area contributed by atoms with Gasteiger partial charge in [-0.3, -0.25) is 23.9 Å². The molecule has 0 saturated heterocycles. The number of allylic oxidation sites excluding steroid dienone is 8. The van der Waals surface area contributed by atoms with Crippen LogP contribution in [-0.2, 0) is 19.2 Å². The number of halogens is 9. The second-order valence-electron chi connectivity index (χ2n) is 14.7. The van der Waals surface area contributed by atoms with Crippen LogP contribution in [0.25, 0.3) is 42.6 Å². The van der Waals surface area contributed by atoms with Gasteiger partial charge in [0, 0.05) is 12.8 Å². The maximum Gasteiger partial charge on any atom is 0.346 e. The van der Waals surface area contributed by atoms with Gasteiger partial charge in [0.1, 0.15) is 20.1 Å². The number of Topliss-reactive ketones (excluding diaryl/α,β-unsaturated/α-hetero) is 4. The fraction of sp³-hybridized carbons (Fsp3) is 0.0189. The number of thioether (sulfide) groups is 4. The molecule has 5 aliphatic rings. The number of nitriles is 2. The highest BCUT2D eigenvalue weighted by atomic mass is 79.9. The van der Waals surface area contributed by atoms with Crippen molar-refractivity contribution in [2.24, 2.45) is 0 Å². The average molecular weight is 1540 g/mol. The maximum atomic E-state index is 11.3. The number of nitrogens with one attached hydrogen (secondary N) is 1. The van der Waals surface area contributed by atoms with Crippen LogP contribution in [0.1, 0.15) is 10.4 Å². The lowest BCUT2D eigenvalue weighted by Gasteiger charge is -2.19. The minimum Gasteiger partial charge on any atom is -0.386 e. The van der Waals surface area contributed by atoms with E-state index in [1.807, 2.05) is 58.8 Å². The van der Waals surface area contributed by atoms with Crippen LogP contribution in [0, 0.1) is 35.8 Å². The minimum atomic E-state index is -0.824. The molecule has 82 heavy (non-hydrogen) atoms. The highest BCUT2D eigenvalue weighted by Gasteiger charge is 2.32. The molecule has 2 aliphatic carbocycles. The Bertz CT molecular complexity index is 3880. The smallest absolute Gasteiger partial charge is 0.346 e. The molecule has 0 amide bonds. The van der Waals surface area contributed by atoms with Gasteiger partial charge in [-0.1, -0.05) is 161 Å². The van der Waals surface area contributed by atoms with E-state index >= 15 is 0 Å². The molecule has 5 heterocycles. The van der Waals surface area contributed by atoms with Crippen molar-refractivity contribution >= 4 is 236 Å². The lowest BCUT2D eigenvalue weighted by molar-refractivity contribution is -0.114. The molecular weight excluding hydrogens is 1510 g/mol. The van der Waals surface area contributed by atoms with Crippen molar-refractivity contribution in [3.63, 3.8) is 0 Å². The number of carbonyl (C=O) groups is 4. The van der Waals surface area contributed by atoms with Crippen LogP contribution in [0.5, 0.6) is 0 Å². The summed E-state index contributed by atoms with van der Waals surface area (Å²) in [4.78, 5) is 98.0. The zero-order chi connectivity index (χ0) is 60.5. The van der Waals surface area contributed by atoms with E-state index in [0.717, 1.165) is 12.1 Å². The van der Waals surface area contributed by atoms with Crippen LogP contribution in [0.15, 0.2) is 191 Å². The fourth-order valence-electron chi connectivity index (χ4n) is 6.13. The van der Waals surface area contributed by atoms with Crippen molar-refractivity contribution in [2.75, 3.05) is 5.32 Å². The number of furan rings is 2. The molecule has 15 nitrogen and oxygen atoms in total. The first kappa shape index (κ1) is 67.1. The van der Waals surface area contributed by atoms with E-state index in [-0.39, 0.29) is 74.6 Å². The van der Waals surface area contributed by atoms with Crippen molar-refractivity contribution in [2.45, 2.75) is 17.2 Å². The summed E-state index contributed by atoms with van der Waals surface area (Å²) in [5.41, 5.74) is -0.900. The summed E-state index contributed by atoms with van der Waals surface area (Å²) in [7, 11) is 0. The second kappa shape index (κ2) is 31.8. The standard InChI is InChI=1S/C12H4N4.C12H9NS.C10H2O6.C6Br4O2.C6Cl4O2.C6H4S4.CH4.FH.H2/c1-15-11(7-13)9-3-5-10(6-4-9)12(8-14)16-2;1-3-7-11-9(5-1)13-10-6-2-4-8-12(10)14-11;11-7-3-1-4-6(10(14)16-8(4)12)2-5(3)9(13)15-7;2*7-1-2(8)6(12)4(10)3(9)5(1)11;1-2-8-5(7-1)6-9-3-4-10-6;;;/h3-6H;1-8,13H;1-2H;;;1-4H;1H4;2*1H/i;;;;;;;;1+2T. The monoisotopic (exact) mass is 1530 g/mol. The van der Waals surface area contributed by atoms with Crippen LogP contribution in [0.3, 0.4) is 0 Å². The molecule has 0 unspecified atom stereocenters. The number of benzene rings is 4. The van der Waals surface area contributed by atoms with Crippen LogP contribution < -0.4 is 38.3 Å². The number of rotatable bonds is 0. The largest absolute Gasteiger partial charge is 0.386 e. The Labute approximate surface area is 539 Å². The third-order valence-corrected chi connectivity index (χ3v) is 21.5. The average Bonchev–Trinajstić information content (AvgIpc) is 2.32. The minimum absolute atomic E-state index is 0. The van der Waals surface area contributed by atoms with Crippen molar-refractivity contribution in [3.05, 3.63) is 228 Å². The van der Waals surface area contributed by atoms with Crippen molar-refractivity contribution in [1.82, 2.24) is 0 Å². The molecule has 11 rings (SSSR count). The molecule has 0 fully saturated rings. The highest BCUT2D eigenvalue weighted by Crippen LogP contribution is 2.50. The van der Waals surface area contributed by atoms with Gasteiger partial charge in [0.05, 0.1) is 84.6 Å². The molecule has 2 aromatic heterocycles. The molecule has 0 bridgehead atoms. The van der Waals surface area contributed by atoms with E-state index in [9.17, 15) is 38.4 Å². The number of para-hydroxylation sites is 2. The van der Waals surface area contributed by atoms with Gasteiger partial charge in [-0.25, -0.2) is 39.4 Å². The zero-order valence-corrected chi connectivity index (χ0v) is 52.7. The van der Waals surface area contributed by atoms with E-state index < -0.39 is 54.2 Å². The zero-order valence-electron chi connectivity index (χ0n) is 41.2. The number of ketones is 4. The van der Waals surface area contributed by atoms with Gasteiger partial charge in [-0.2, -0.15) is 0 Å². The molecule has 0 atom stereocenters. The van der Waals surface area contributed by atoms with E-state index in [4.69, 9.17) is 73.0 Å². The van der Waals surface area contributed by atoms with Gasteiger partial charge in [-0.15, -0.1) is 0 Å². The number of hydrogen-bond donors (Lipinski definition) is 1. The Balaban J connectivity index is 0.000000263. The van der Waals surface area contributed by atoms with Gasteiger partial charge in [0.25, 0.3) is 11.4 Å². The third-order valence-electron chi connectivity index (χ3n) is 9.88. The Morgan fingerprint density at radius 3 is 1.06 bits per heavy atom. The number of fused-ring (bicyclic) bond motifs is 4. The Kier molecular flexibility index (Phi) is 26.0. The van der Waals surface area contributed by atoms with Gasteiger partial charge >= 0.3 is 22.5 Å². The molecule has 1 N–H and O–H groups in total. The number of hydrogen-bond acceptors (Lipinski definition) is 18. The number of anilines is 2. The predicted molar refractivity (Wildman–Crippen MR) is 345 cm³/mol. The molecule has 0 radical (unpaired) electrons. The summed E-state index contributed by atoms with van der Waals surface area (Å²) in [6.07, 6.45) is 0. The normalized spacial score (nSPS) is 14.5. The SMILES string of the molecule is C.C1=CSC(=C2SC=CS2)S1.F.O=C1C(Br)=C(Br)C(=O)C(Br)=C1Br.O=C1C(Cl)=C(Cl)C(=O)C(Cl)=C1Cl.O=c1oc(=O)c2cc3c(=O)oc(=O)c3cc12.[3H][3H].[C-]#[N+]C(C#N)=c1ccc(=C(C#N)[N+]#[C-])cc1.c1ccc2c(c1)Nc1ccccc1S2. The van der Waals surface area contributed by atoms with Crippen LogP contribution in [0.2, 0.25) is 0 Å². The molecule has 3 aliphatic heterocycles. The molecule has 6 aromatic rings. The Hall–Kier alpha value is -5.72. The topological polar surface area (TPSA) is 231 Å². The quantitative estimate of drug-likeness (QED) is 0.110. The first-order valence-corrected chi connectivity index (χ1v) is 30.0.